The van der Waals surface area contributed by atoms with Gasteiger partial charge in [0.15, 0.2) is 19.0 Å². The molecule has 3 rings (SSSR count). The van der Waals surface area contributed by atoms with Gasteiger partial charge in [-0.2, -0.15) is 0 Å². The van der Waals surface area contributed by atoms with E-state index in [1.807, 2.05) is 32.0 Å². The summed E-state index contributed by atoms with van der Waals surface area (Å²) in [6, 6.07) is 10.6. The molecule has 8 heteroatoms. The quantitative estimate of drug-likeness (QED) is 0.472. The maximum atomic E-state index is 12.4. The molecule has 0 spiro atoms. The monoisotopic (exact) mass is 431 g/mol. The molecule has 0 N–H and O–H groups in total. The number of ether oxygens (including phenoxy) is 2. The number of anilines is 1. The molecule has 2 aromatic carbocycles. The zero-order valence-electron chi connectivity index (χ0n) is 17.3. The summed E-state index contributed by atoms with van der Waals surface area (Å²) in [5, 5.41) is 0. The minimum absolute atomic E-state index is 0.0211. The number of ketones is 1. The lowest BCUT2D eigenvalue weighted by Crippen LogP contribution is -2.30. The Labute approximate surface area is 176 Å². The molecular formula is C22H25NO6S. The van der Waals surface area contributed by atoms with Crippen LogP contribution in [0.15, 0.2) is 36.4 Å². The Bertz CT molecular complexity index is 1080. The van der Waals surface area contributed by atoms with Crippen molar-refractivity contribution in [1.82, 2.24) is 0 Å². The maximum absolute atomic E-state index is 12.4. The zero-order valence-corrected chi connectivity index (χ0v) is 18.1. The third kappa shape index (κ3) is 4.81. The second-order valence-corrected chi connectivity index (χ2v) is 9.39. The summed E-state index contributed by atoms with van der Waals surface area (Å²) in [5.41, 5.74) is 3.70. The van der Waals surface area contributed by atoms with Gasteiger partial charge in [-0.25, -0.2) is 13.2 Å². The van der Waals surface area contributed by atoms with Crippen LogP contribution < -0.4 is 9.04 Å². The molecule has 0 bridgehead atoms. The van der Waals surface area contributed by atoms with E-state index in [0.717, 1.165) is 16.7 Å². The fourth-order valence-corrected chi connectivity index (χ4v) is 4.42. The molecule has 160 valence electrons. The van der Waals surface area contributed by atoms with E-state index in [1.54, 1.807) is 25.1 Å². The molecule has 2 aromatic rings. The van der Waals surface area contributed by atoms with Crippen molar-refractivity contribution >= 4 is 27.5 Å². The van der Waals surface area contributed by atoms with E-state index in [-0.39, 0.29) is 18.1 Å². The Balaban J connectivity index is 1.56. The van der Waals surface area contributed by atoms with Gasteiger partial charge in [0.1, 0.15) is 5.75 Å². The minimum atomic E-state index is -3.34. The van der Waals surface area contributed by atoms with Gasteiger partial charge in [-0.15, -0.1) is 0 Å². The van der Waals surface area contributed by atoms with Gasteiger partial charge >= 0.3 is 5.97 Å². The molecule has 0 radical (unpaired) electrons. The van der Waals surface area contributed by atoms with Gasteiger partial charge in [0.05, 0.1) is 11.4 Å². The molecule has 0 saturated heterocycles. The van der Waals surface area contributed by atoms with Crippen molar-refractivity contribution in [3.8, 4) is 5.75 Å². The molecule has 7 nitrogen and oxygen atoms in total. The van der Waals surface area contributed by atoms with E-state index < -0.39 is 22.6 Å². The SMILES string of the molecule is CCS(=O)(=O)N1CCc2cc(C(=O)COC(=O)COc3cc(C)ccc3C)ccc21. The predicted octanol–water partition coefficient (Wildman–Crippen LogP) is 2.82. The highest BCUT2D eigenvalue weighted by atomic mass is 32.2. The van der Waals surface area contributed by atoms with Crippen LogP contribution in [0.5, 0.6) is 5.75 Å². The molecule has 1 heterocycles. The Morgan fingerprint density at radius 3 is 2.57 bits per heavy atom. The van der Waals surface area contributed by atoms with Crippen LogP contribution >= 0.6 is 0 Å². The molecule has 30 heavy (non-hydrogen) atoms. The topological polar surface area (TPSA) is 90.0 Å². The third-order valence-corrected chi connectivity index (χ3v) is 6.79. The smallest absolute Gasteiger partial charge is 0.344 e. The van der Waals surface area contributed by atoms with Crippen molar-refractivity contribution in [3.05, 3.63) is 58.7 Å². The summed E-state index contributed by atoms with van der Waals surface area (Å²) in [5.74, 6) is -0.364. The normalized spacial score (nSPS) is 13.1. The number of esters is 1. The highest BCUT2D eigenvalue weighted by Gasteiger charge is 2.28. The number of sulfonamides is 1. The standard InChI is InChI=1S/C22H25NO6S/c1-4-30(26,27)23-10-9-17-12-18(7-8-19(17)23)20(24)13-29-22(25)14-28-21-11-15(2)5-6-16(21)3/h5-8,11-12H,4,9-10,13-14H2,1-3H3. The number of aryl methyl sites for hydroxylation is 2. The molecule has 0 unspecified atom stereocenters. The molecule has 0 aliphatic carbocycles. The first kappa shape index (κ1) is 21.8. The van der Waals surface area contributed by atoms with Gasteiger partial charge in [-0.3, -0.25) is 9.10 Å². The van der Waals surface area contributed by atoms with Crippen LogP contribution in [0.2, 0.25) is 0 Å². The van der Waals surface area contributed by atoms with Crippen LogP contribution in [0.4, 0.5) is 5.69 Å². The van der Waals surface area contributed by atoms with Crippen molar-refractivity contribution in [3.63, 3.8) is 0 Å². The molecule has 0 aromatic heterocycles. The average Bonchev–Trinajstić information content (AvgIpc) is 3.16. The van der Waals surface area contributed by atoms with Crippen molar-refractivity contribution in [2.45, 2.75) is 27.2 Å². The number of carbonyl (C=O) groups is 2. The number of fused-ring (bicyclic) bond motifs is 1. The van der Waals surface area contributed by atoms with E-state index in [9.17, 15) is 18.0 Å². The third-order valence-electron chi connectivity index (χ3n) is 5.01. The van der Waals surface area contributed by atoms with Gasteiger partial charge in [-0.1, -0.05) is 12.1 Å². The summed E-state index contributed by atoms with van der Waals surface area (Å²) >= 11 is 0. The number of Topliss-reactive ketones (excluding diaryl/α,β-unsaturated/α-hetero) is 1. The summed E-state index contributed by atoms with van der Waals surface area (Å²) in [6.07, 6.45) is 0.541. The largest absolute Gasteiger partial charge is 0.482 e. The Morgan fingerprint density at radius 2 is 1.83 bits per heavy atom. The zero-order chi connectivity index (χ0) is 21.9. The Kier molecular flexibility index (Phi) is 6.45. The predicted molar refractivity (Wildman–Crippen MR) is 114 cm³/mol. The van der Waals surface area contributed by atoms with E-state index in [0.29, 0.717) is 30.0 Å². The molecule has 1 aliphatic heterocycles. The summed E-state index contributed by atoms with van der Waals surface area (Å²) < 4.78 is 36.2. The second-order valence-electron chi connectivity index (χ2n) is 7.21. The van der Waals surface area contributed by atoms with Crippen LogP contribution in [0.25, 0.3) is 0 Å². The number of nitrogens with zero attached hydrogens (tertiary/aromatic N) is 1. The van der Waals surface area contributed by atoms with Crippen LogP contribution in [0.1, 0.15) is 34.0 Å². The molecule has 0 fully saturated rings. The van der Waals surface area contributed by atoms with Crippen LogP contribution in [0, 0.1) is 13.8 Å². The van der Waals surface area contributed by atoms with Gasteiger partial charge in [0.2, 0.25) is 10.0 Å². The maximum Gasteiger partial charge on any atom is 0.344 e. The first-order valence-electron chi connectivity index (χ1n) is 9.73. The number of hydrogen-bond acceptors (Lipinski definition) is 6. The van der Waals surface area contributed by atoms with E-state index >= 15 is 0 Å². The number of rotatable bonds is 8. The first-order valence-corrected chi connectivity index (χ1v) is 11.3. The van der Waals surface area contributed by atoms with Gasteiger partial charge < -0.3 is 9.47 Å². The van der Waals surface area contributed by atoms with E-state index in [1.165, 1.54) is 4.31 Å². The van der Waals surface area contributed by atoms with Crippen molar-refractivity contribution in [2.24, 2.45) is 0 Å². The molecule has 0 saturated carbocycles. The number of carbonyl (C=O) groups excluding carboxylic acids is 2. The van der Waals surface area contributed by atoms with Crippen molar-refractivity contribution in [2.75, 3.05) is 29.8 Å². The summed E-state index contributed by atoms with van der Waals surface area (Å²) in [7, 11) is -3.34. The van der Waals surface area contributed by atoms with Crippen molar-refractivity contribution < 1.29 is 27.5 Å². The molecule has 0 amide bonds. The van der Waals surface area contributed by atoms with Gasteiger partial charge in [-0.05, 0) is 68.1 Å². The van der Waals surface area contributed by atoms with Gasteiger partial charge in [0, 0.05) is 12.1 Å². The highest BCUT2D eigenvalue weighted by molar-refractivity contribution is 7.92. The first-order chi connectivity index (χ1) is 14.2. The van der Waals surface area contributed by atoms with Crippen LogP contribution in [-0.4, -0.2) is 45.7 Å². The van der Waals surface area contributed by atoms with E-state index in [2.05, 4.69) is 0 Å². The van der Waals surface area contributed by atoms with Crippen molar-refractivity contribution in [1.29, 1.82) is 0 Å². The lowest BCUT2D eigenvalue weighted by molar-refractivity contribution is -0.144. The highest BCUT2D eigenvalue weighted by Crippen LogP contribution is 2.31. The van der Waals surface area contributed by atoms with Crippen LogP contribution in [-0.2, 0) is 26.0 Å². The number of hydrogen-bond donors (Lipinski definition) is 0. The Morgan fingerprint density at radius 1 is 1.07 bits per heavy atom. The molecular weight excluding hydrogens is 406 g/mol. The molecule has 1 aliphatic rings. The number of benzene rings is 2. The lowest BCUT2D eigenvalue weighted by Gasteiger charge is -2.18. The van der Waals surface area contributed by atoms with E-state index in [4.69, 9.17) is 9.47 Å². The van der Waals surface area contributed by atoms with Crippen LogP contribution in [0.3, 0.4) is 0 Å². The summed E-state index contributed by atoms with van der Waals surface area (Å²) in [6.45, 7) is 5.09. The fraction of sp³-hybridized carbons (Fsp3) is 0.364. The summed E-state index contributed by atoms with van der Waals surface area (Å²) in [4.78, 5) is 24.4. The Hall–Kier alpha value is -2.87. The van der Waals surface area contributed by atoms with Gasteiger partial charge in [0.25, 0.3) is 0 Å². The molecule has 0 atom stereocenters. The second kappa shape index (κ2) is 8.87. The fourth-order valence-electron chi connectivity index (χ4n) is 3.26. The lowest BCUT2D eigenvalue weighted by atomic mass is 10.1. The average molecular weight is 432 g/mol. The minimum Gasteiger partial charge on any atom is -0.482 e.